The minimum atomic E-state index is -0.437. The van der Waals surface area contributed by atoms with E-state index in [0.717, 1.165) is 32.8 Å². The van der Waals surface area contributed by atoms with Crippen LogP contribution in [0.3, 0.4) is 0 Å². The molecule has 5 heteroatoms. The molecule has 0 atom stereocenters. The average Bonchev–Trinajstić information content (AvgIpc) is 3.09. The molecule has 0 radical (unpaired) electrons. The predicted molar refractivity (Wildman–Crippen MR) is 127 cm³/mol. The van der Waals surface area contributed by atoms with E-state index in [1.54, 1.807) is 12.1 Å². The van der Waals surface area contributed by atoms with Crippen LogP contribution in [0.2, 0.25) is 0 Å². The van der Waals surface area contributed by atoms with Crippen molar-refractivity contribution in [1.82, 2.24) is 4.57 Å². The van der Waals surface area contributed by atoms with Gasteiger partial charge in [0.25, 0.3) is 5.91 Å². The van der Waals surface area contributed by atoms with Crippen LogP contribution in [0.4, 0.5) is 5.69 Å². The molecule has 0 bridgehead atoms. The van der Waals surface area contributed by atoms with Crippen LogP contribution in [0.1, 0.15) is 21.5 Å². The van der Waals surface area contributed by atoms with E-state index in [0.29, 0.717) is 17.8 Å². The van der Waals surface area contributed by atoms with Crippen molar-refractivity contribution in [2.24, 2.45) is 10.2 Å². The van der Waals surface area contributed by atoms with E-state index in [4.69, 9.17) is 0 Å². The van der Waals surface area contributed by atoms with Gasteiger partial charge in [0.1, 0.15) is 0 Å². The Morgan fingerprint density at radius 2 is 1.53 bits per heavy atom. The number of carbonyl (C=O) groups excluding carboxylic acids is 1. The van der Waals surface area contributed by atoms with E-state index in [1.165, 1.54) is 0 Å². The molecule has 0 aliphatic carbocycles. The third kappa shape index (κ3) is 3.44. The van der Waals surface area contributed by atoms with E-state index >= 15 is 0 Å². The zero-order valence-corrected chi connectivity index (χ0v) is 17.6. The van der Waals surface area contributed by atoms with Gasteiger partial charge in [-0.05, 0) is 41.0 Å². The van der Waals surface area contributed by atoms with Gasteiger partial charge in [-0.3, -0.25) is 4.79 Å². The average molecular weight is 419 g/mol. The van der Waals surface area contributed by atoms with E-state index < -0.39 is 5.91 Å². The molecule has 0 unspecified atom stereocenters. The number of aromatic nitrogens is 1. The standard InChI is InChI=1S/C27H21N3O2/c1-18-9-2-4-13-21(18)26(31)29-28-25-23-15-6-7-16-24(23)30(27(25)32)17-20-12-8-11-19-10-3-5-14-22(19)20/h2-16,32H,17H2,1H3. The van der Waals surface area contributed by atoms with Crippen molar-refractivity contribution >= 4 is 33.3 Å². The summed E-state index contributed by atoms with van der Waals surface area (Å²) < 4.78 is 1.81. The Hall–Kier alpha value is -4.25. The van der Waals surface area contributed by atoms with Gasteiger partial charge in [-0.2, -0.15) is 0 Å². The lowest BCUT2D eigenvalue weighted by Gasteiger charge is -2.10. The molecule has 0 saturated carbocycles. The molecule has 156 valence electrons. The first-order valence-corrected chi connectivity index (χ1v) is 10.4. The van der Waals surface area contributed by atoms with Gasteiger partial charge in [-0.1, -0.05) is 78.9 Å². The summed E-state index contributed by atoms with van der Waals surface area (Å²) in [5.74, 6) is -0.450. The monoisotopic (exact) mass is 419 g/mol. The summed E-state index contributed by atoms with van der Waals surface area (Å²) in [5, 5.41) is 22.2. The molecule has 0 saturated heterocycles. The molecule has 1 heterocycles. The van der Waals surface area contributed by atoms with Crippen LogP contribution in [0, 0.1) is 6.92 Å². The molecule has 0 aliphatic rings. The van der Waals surface area contributed by atoms with Crippen LogP contribution in [-0.4, -0.2) is 15.6 Å². The van der Waals surface area contributed by atoms with Crippen molar-refractivity contribution in [3.05, 3.63) is 108 Å². The van der Waals surface area contributed by atoms with E-state index in [2.05, 4.69) is 34.5 Å². The fraction of sp³-hybridized carbons (Fsp3) is 0.0741. The number of azo groups is 1. The first-order valence-electron chi connectivity index (χ1n) is 10.4. The Kier molecular flexibility index (Phi) is 5.00. The number of para-hydroxylation sites is 1. The lowest BCUT2D eigenvalue weighted by atomic mass is 10.0. The molecule has 5 aromatic rings. The molecule has 5 rings (SSSR count). The minimum absolute atomic E-state index is 0.0135. The second-order valence-electron chi connectivity index (χ2n) is 7.73. The molecule has 1 amide bonds. The minimum Gasteiger partial charge on any atom is -0.493 e. The van der Waals surface area contributed by atoms with E-state index in [1.807, 2.05) is 66.1 Å². The van der Waals surface area contributed by atoms with E-state index in [-0.39, 0.29) is 5.88 Å². The third-order valence-electron chi connectivity index (χ3n) is 5.74. The molecular formula is C27H21N3O2. The summed E-state index contributed by atoms with van der Waals surface area (Å²) in [6, 6.07) is 29.2. The number of rotatable bonds is 4. The Labute approximate surface area is 185 Å². The van der Waals surface area contributed by atoms with Gasteiger partial charge in [0.05, 0.1) is 12.1 Å². The highest BCUT2D eigenvalue weighted by Crippen LogP contribution is 2.39. The maximum absolute atomic E-state index is 12.6. The molecule has 1 N–H and O–H groups in total. The SMILES string of the molecule is Cc1ccccc1C(=O)N=Nc1c(O)n(Cc2cccc3ccccc23)c2ccccc12. The second-order valence-corrected chi connectivity index (χ2v) is 7.73. The third-order valence-corrected chi connectivity index (χ3v) is 5.74. The van der Waals surface area contributed by atoms with Crippen molar-refractivity contribution in [1.29, 1.82) is 0 Å². The fourth-order valence-corrected chi connectivity index (χ4v) is 4.09. The van der Waals surface area contributed by atoms with Crippen LogP contribution in [0.25, 0.3) is 21.7 Å². The van der Waals surface area contributed by atoms with Crippen LogP contribution < -0.4 is 0 Å². The van der Waals surface area contributed by atoms with Crippen LogP contribution in [-0.2, 0) is 6.54 Å². The zero-order valence-electron chi connectivity index (χ0n) is 17.6. The Morgan fingerprint density at radius 3 is 2.38 bits per heavy atom. The van der Waals surface area contributed by atoms with Gasteiger partial charge < -0.3 is 9.67 Å². The lowest BCUT2D eigenvalue weighted by molar-refractivity contribution is 0.0994. The normalized spacial score (nSPS) is 11.5. The number of fused-ring (bicyclic) bond motifs is 2. The predicted octanol–water partition coefficient (Wildman–Crippen LogP) is 6.78. The summed E-state index contributed by atoms with van der Waals surface area (Å²) in [7, 11) is 0. The second kappa shape index (κ2) is 8.12. The highest BCUT2D eigenvalue weighted by Gasteiger charge is 2.18. The largest absolute Gasteiger partial charge is 0.493 e. The number of carbonyl (C=O) groups is 1. The molecule has 0 spiro atoms. The first kappa shape index (κ1) is 19.7. The molecule has 4 aromatic carbocycles. The van der Waals surface area contributed by atoms with Crippen molar-refractivity contribution in [3.63, 3.8) is 0 Å². The lowest BCUT2D eigenvalue weighted by Crippen LogP contribution is -1.99. The number of hydrogen-bond donors (Lipinski definition) is 1. The fourth-order valence-electron chi connectivity index (χ4n) is 4.09. The summed E-state index contributed by atoms with van der Waals surface area (Å²) in [6.45, 7) is 2.32. The number of amides is 1. The summed E-state index contributed by atoms with van der Waals surface area (Å²) in [4.78, 5) is 12.6. The number of hydrogen-bond acceptors (Lipinski definition) is 3. The number of nitrogens with zero attached hydrogens (tertiary/aromatic N) is 3. The molecule has 1 aromatic heterocycles. The van der Waals surface area contributed by atoms with Crippen molar-refractivity contribution < 1.29 is 9.90 Å². The van der Waals surface area contributed by atoms with Crippen LogP contribution in [0.5, 0.6) is 5.88 Å². The van der Waals surface area contributed by atoms with Crippen LogP contribution in [0.15, 0.2) is 101 Å². The van der Waals surface area contributed by atoms with Gasteiger partial charge in [0, 0.05) is 10.9 Å². The highest BCUT2D eigenvalue weighted by atomic mass is 16.3. The van der Waals surface area contributed by atoms with Gasteiger partial charge in [0.15, 0.2) is 5.69 Å². The van der Waals surface area contributed by atoms with Gasteiger partial charge in [-0.25, -0.2) is 0 Å². The Morgan fingerprint density at radius 1 is 0.844 bits per heavy atom. The molecule has 0 aliphatic heterocycles. The van der Waals surface area contributed by atoms with Gasteiger partial charge >= 0.3 is 0 Å². The maximum atomic E-state index is 12.6. The van der Waals surface area contributed by atoms with Gasteiger partial charge in [0.2, 0.25) is 5.88 Å². The summed E-state index contributed by atoms with van der Waals surface area (Å²) in [6.07, 6.45) is 0. The molecule has 0 fully saturated rings. The first-order chi connectivity index (χ1) is 15.6. The van der Waals surface area contributed by atoms with E-state index in [9.17, 15) is 9.90 Å². The summed E-state index contributed by atoms with van der Waals surface area (Å²) in [5.41, 5.74) is 3.53. The summed E-state index contributed by atoms with van der Waals surface area (Å²) >= 11 is 0. The molecular weight excluding hydrogens is 398 g/mol. The molecule has 32 heavy (non-hydrogen) atoms. The number of aryl methyl sites for hydroxylation is 1. The number of benzene rings is 4. The van der Waals surface area contributed by atoms with Crippen LogP contribution >= 0.6 is 0 Å². The Balaban J connectivity index is 1.58. The zero-order chi connectivity index (χ0) is 22.1. The molecule has 5 nitrogen and oxygen atoms in total. The Bertz CT molecular complexity index is 1490. The number of aromatic hydroxyl groups is 1. The topological polar surface area (TPSA) is 66.9 Å². The van der Waals surface area contributed by atoms with Crippen molar-refractivity contribution in [2.75, 3.05) is 0 Å². The maximum Gasteiger partial charge on any atom is 0.295 e. The highest BCUT2D eigenvalue weighted by molar-refractivity contribution is 5.98. The van der Waals surface area contributed by atoms with Crippen molar-refractivity contribution in [3.8, 4) is 5.88 Å². The smallest absolute Gasteiger partial charge is 0.295 e. The van der Waals surface area contributed by atoms with Gasteiger partial charge in [-0.15, -0.1) is 10.2 Å². The quantitative estimate of drug-likeness (QED) is 0.326. The van der Waals surface area contributed by atoms with Crippen molar-refractivity contribution in [2.45, 2.75) is 13.5 Å².